The molecular formula is C33H34BNO2. The number of fused-ring (bicyclic) bond motifs is 6. The number of aromatic nitrogens is 1. The molecule has 0 radical (unpaired) electrons. The first-order chi connectivity index (χ1) is 17.8. The molecule has 3 nitrogen and oxygen atoms in total. The third kappa shape index (κ3) is 3.38. The summed E-state index contributed by atoms with van der Waals surface area (Å²) in [4.78, 5) is 4.75. The normalized spacial score (nSPS) is 20.8. The van der Waals surface area contributed by atoms with Crippen molar-refractivity contribution in [3.8, 4) is 22.3 Å². The SMILES string of the molecule is CC1(C)OB(c2ccc3c(c2)C2(CCCCC2)c2cc(-c4cccc5cccnc45)ccc2-3)OC1(C)C. The highest BCUT2D eigenvalue weighted by atomic mass is 16.7. The minimum absolute atomic E-state index is 0.0522. The van der Waals surface area contributed by atoms with Crippen LogP contribution in [0.25, 0.3) is 33.2 Å². The topological polar surface area (TPSA) is 31.4 Å². The first-order valence-corrected chi connectivity index (χ1v) is 13.8. The number of benzene rings is 3. The molecule has 3 aromatic carbocycles. The van der Waals surface area contributed by atoms with E-state index in [2.05, 4.69) is 88.4 Å². The zero-order chi connectivity index (χ0) is 25.4. The summed E-state index contributed by atoms with van der Waals surface area (Å²) in [6.07, 6.45) is 8.12. The molecule has 2 heterocycles. The van der Waals surface area contributed by atoms with Gasteiger partial charge >= 0.3 is 7.12 Å². The quantitative estimate of drug-likeness (QED) is 0.276. The second-order valence-electron chi connectivity index (χ2n) is 12.2. The van der Waals surface area contributed by atoms with Crippen molar-refractivity contribution in [3.05, 3.63) is 84.1 Å². The van der Waals surface area contributed by atoms with E-state index in [1.807, 2.05) is 12.3 Å². The number of rotatable bonds is 2. The van der Waals surface area contributed by atoms with Crippen molar-refractivity contribution in [2.45, 2.75) is 76.4 Å². The average Bonchev–Trinajstić information content (AvgIpc) is 3.29. The summed E-state index contributed by atoms with van der Waals surface area (Å²) < 4.78 is 12.9. The first-order valence-electron chi connectivity index (χ1n) is 13.8. The van der Waals surface area contributed by atoms with Gasteiger partial charge in [0.2, 0.25) is 0 Å². The number of pyridine rings is 1. The summed E-state index contributed by atoms with van der Waals surface area (Å²) in [6, 6.07) is 24.7. The van der Waals surface area contributed by atoms with Crippen LogP contribution in [-0.4, -0.2) is 23.3 Å². The Morgan fingerprint density at radius 2 is 1.38 bits per heavy atom. The molecular weight excluding hydrogens is 453 g/mol. The lowest BCUT2D eigenvalue weighted by molar-refractivity contribution is 0.00578. The molecule has 0 atom stereocenters. The summed E-state index contributed by atoms with van der Waals surface area (Å²) >= 11 is 0. The van der Waals surface area contributed by atoms with Gasteiger partial charge in [0.05, 0.1) is 16.7 Å². The van der Waals surface area contributed by atoms with Gasteiger partial charge in [0.25, 0.3) is 0 Å². The minimum Gasteiger partial charge on any atom is -0.399 e. The van der Waals surface area contributed by atoms with E-state index in [4.69, 9.17) is 14.3 Å². The van der Waals surface area contributed by atoms with Crippen LogP contribution in [0.1, 0.15) is 70.9 Å². The Balaban J connectivity index is 1.37. The van der Waals surface area contributed by atoms with Crippen LogP contribution in [0.4, 0.5) is 0 Å². The molecule has 186 valence electrons. The zero-order valence-corrected chi connectivity index (χ0v) is 22.3. The highest BCUT2D eigenvalue weighted by Crippen LogP contribution is 2.56. The molecule has 0 amide bonds. The molecule has 1 aliphatic heterocycles. The molecule has 1 spiro atoms. The molecule has 1 aromatic heterocycles. The van der Waals surface area contributed by atoms with E-state index in [0.29, 0.717) is 0 Å². The smallest absolute Gasteiger partial charge is 0.399 e. The van der Waals surface area contributed by atoms with E-state index in [9.17, 15) is 0 Å². The maximum atomic E-state index is 6.45. The summed E-state index contributed by atoms with van der Waals surface area (Å²) in [5, 5.41) is 1.18. The van der Waals surface area contributed by atoms with Gasteiger partial charge in [-0.15, -0.1) is 0 Å². The molecule has 7 rings (SSSR count). The van der Waals surface area contributed by atoms with Crippen LogP contribution >= 0.6 is 0 Å². The van der Waals surface area contributed by atoms with E-state index in [-0.39, 0.29) is 23.7 Å². The highest BCUT2D eigenvalue weighted by molar-refractivity contribution is 6.62. The van der Waals surface area contributed by atoms with Gasteiger partial charge in [-0.2, -0.15) is 0 Å². The number of nitrogens with zero attached hydrogens (tertiary/aromatic N) is 1. The van der Waals surface area contributed by atoms with Crippen LogP contribution in [0.2, 0.25) is 0 Å². The highest BCUT2D eigenvalue weighted by Gasteiger charge is 2.52. The fourth-order valence-corrected chi connectivity index (χ4v) is 6.84. The van der Waals surface area contributed by atoms with E-state index < -0.39 is 0 Å². The third-order valence-corrected chi connectivity index (χ3v) is 9.56. The molecule has 4 heteroatoms. The Labute approximate surface area is 220 Å². The molecule has 0 N–H and O–H groups in total. The summed E-state index contributed by atoms with van der Waals surface area (Å²) in [6.45, 7) is 8.51. The van der Waals surface area contributed by atoms with Gasteiger partial charge in [-0.1, -0.05) is 73.9 Å². The van der Waals surface area contributed by atoms with Gasteiger partial charge in [-0.05, 0) is 85.9 Å². The Morgan fingerprint density at radius 3 is 2.14 bits per heavy atom. The van der Waals surface area contributed by atoms with Crippen LogP contribution in [0, 0.1) is 0 Å². The summed E-state index contributed by atoms with van der Waals surface area (Å²) in [5.74, 6) is 0. The molecule has 3 aliphatic rings. The number of hydrogen-bond acceptors (Lipinski definition) is 3. The predicted molar refractivity (Wildman–Crippen MR) is 152 cm³/mol. The van der Waals surface area contributed by atoms with Gasteiger partial charge < -0.3 is 9.31 Å². The monoisotopic (exact) mass is 487 g/mol. The Kier molecular flexibility index (Phi) is 5.03. The second kappa shape index (κ2) is 8.03. The summed E-state index contributed by atoms with van der Waals surface area (Å²) in [5.41, 5.74) is 9.74. The van der Waals surface area contributed by atoms with Gasteiger partial charge in [0, 0.05) is 22.6 Å². The van der Waals surface area contributed by atoms with Crippen molar-refractivity contribution in [2.75, 3.05) is 0 Å². The van der Waals surface area contributed by atoms with Crippen molar-refractivity contribution >= 4 is 23.5 Å². The lowest BCUT2D eigenvalue weighted by atomic mass is 9.66. The molecule has 0 unspecified atom stereocenters. The lowest BCUT2D eigenvalue weighted by Gasteiger charge is -2.36. The minimum atomic E-state index is -0.344. The second-order valence-corrected chi connectivity index (χ2v) is 12.2. The molecule has 4 aromatic rings. The van der Waals surface area contributed by atoms with Crippen molar-refractivity contribution in [3.63, 3.8) is 0 Å². The van der Waals surface area contributed by atoms with Gasteiger partial charge in [0.15, 0.2) is 0 Å². The molecule has 0 bridgehead atoms. The van der Waals surface area contributed by atoms with Crippen LogP contribution in [0.3, 0.4) is 0 Å². The third-order valence-electron chi connectivity index (χ3n) is 9.56. The van der Waals surface area contributed by atoms with Crippen LogP contribution in [-0.2, 0) is 14.7 Å². The fraction of sp³-hybridized carbons (Fsp3) is 0.364. The lowest BCUT2D eigenvalue weighted by Crippen LogP contribution is -2.41. The van der Waals surface area contributed by atoms with Crippen LogP contribution in [0.5, 0.6) is 0 Å². The Morgan fingerprint density at radius 1 is 0.703 bits per heavy atom. The molecule has 1 saturated carbocycles. The van der Waals surface area contributed by atoms with Gasteiger partial charge in [-0.25, -0.2) is 0 Å². The predicted octanol–water partition coefficient (Wildman–Crippen LogP) is 7.43. The van der Waals surface area contributed by atoms with Crippen LogP contribution in [0.15, 0.2) is 72.9 Å². The van der Waals surface area contributed by atoms with Crippen molar-refractivity contribution < 1.29 is 9.31 Å². The van der Waals surface area contributed by atoms with Crippen molar-refractivity contribution in [1.29, 1.82) is 0 Å². The van der Waals surface area contributed by atoms with Gasteiger partial charge in [-0.3, -0.25) is 4.98 Å². The zero-order valence-electron chi connectivity index (χ0n) is 22.3. The van der Waals surface area contributed by atoms with Gasteiger partial charge in [0.1, 0.15) is 0 Å². The Hall–Kier alpha value is -2.95. The van der Waals surface area contributed by atoms with E-state index in [1.54, 1.807) is 0 Å². The summed E-state index contributed by atoms with van der Waals surface area (Å²) in [7, 11) is -0.336. The molecule has 2 aliphatic carbocycles. The first kappa shape index (κ1) is 23.2. The molecule has 2 fully saturated rings. The maximum absolute atomic E-state index is 6.45. The average molecular weight is 487 g/mol. The largest absolute Gasteiger partial charge is 0.494 e. The van der Waals surface area contributed by atoms with E-state index in [0.717, 1.165) is 11.0 Å². The molecule has 1 saturated heterocycles. The fourth-order valence-electron chi connectivity index (χ4n) is 6.84. The van der Waals surface area contributed by atoms with E-state index >= 15 is 0 Å². The van der Waals surface area contributed by atoms with Crippen molar-refractivity contribution in [2.24, 2.45) is 0 Å². The number of hydrogen-bond donors (Lipinski definition) is 0. The van der Waals surface area contributed by atoms with Crippen LogP contribution < -0.4 is 5.46 Å². The maximum Gasteiger partial charge on any atom is 0.494 e. The standard InChI is InChI=1S/C33H34BNO2/c1-31(2)32(3,4)37-34(36-31)24-14-16-27-26-15-13-23(25-12-8-10-22-11-9-19-35-30(22)25)20-28(26)33(29(27)21-24)17-6-5-7-18-33/h8-16,19-21H,5-7,17-18H2,1-4H3. The van der Waals surface area contributed by atoms with E-state index in [1.165, 1.54) is 70.9 Å². The number of para-hydroxylation sites is 1. The molecule has 37 heavy (non-hydrogen) atoms. The Bertz CT molecular complexity index is 1510. The van der Waals surface area contributed by atoms with Crippen molar-refractivity contribution in [1.82, 2.24) is 4.98 Å².